The van der Waals surface area contributed by atoms with E-state index in [1.165, 1.54) is 22.6 Å². The maximum absolute atomic E-state index is 13.0. The second-order valence-electron chi connectivity index (χ2n) is 6.51. The summed E-state index contributed by atoms with van der Waals surface area (Å²) in [6.45, 7) is 2.93. The van der Waals surface area contributed by atoms with Gasteiger partial charge in [-0.25, -0.2) is 13.4 Å². The number of rotatable bonds is 10. The fourth-order valence-electron chi connectivity index (χ4n) is 3.02. The monoisotopic (exact) mass is 441 g/mol. The standard InChI is InChI=1S/C21H23N5O4S/c1-2-25(17-8-4-3-5-9-17)31(29,30)18-12-13-21(24-16-18)23-15-14-22-19-10-6-7-11-20(19)26(27)28/h3-13,16,22H,2,14-15H2,1H3,(H,23,24). The zero-order chi connectivity index (χ0) is 22.3. The highest BCUT2D eigenvalue weighted by atomic mass is 32.2. The SMILES string of the molecule is CCN(c1ccccc1)S(=O)(=O)c1ccc(NCCNc2ccccc2[N+](=O)[O-])nc1. The molecular weight excluding hydrogens is 418 g/mol. The summed E-state index contributed by atoms with van der Waals surface area (Å²) in [7, 11) is -3.73. The van der Waals surface area contributed by atoms with Crippen LogP contribution in [0, 0.1) is 10.1 Å². The molecule has 0 unspecified atom stereocenters. The Hall–Kier alpha value is -3.66. The maximum atomic E-state index is 13.0. The smallest absolute Gasteiger partial charge is 0.292 e. The Kier molecular flexibility index (Phi) is 7.03. The topological polar surface area (TPSA) is 117 Å². The fraction of sp³-hybridized carbons (Fsp3) is 0.190. The minimum absolute atomic E-state index is 0.00841. The van der Waals surface area contributed by atoms with Gasteiger partial charge in [-0.1, -0.05) is 30.3 Å². The number of hydrogen-bond donors (Lipinski definition) is 2. The van der Waals surface area contributed by atoms with Gasteiger partial charge in [0.2, 0.25) is 0 Å². The van der Waals surface area contributed by atoms with E-state index in [1.807, 2.05) is 6.07 Å². The summed E-state index contributed by atoms with van der Waals surface area (Å²) in [5.74, 6) is 0.506. The summed E-state index contributed by atoms with van der Waals surface area (Å²) in [4.78, 5) is 14.9. The highest BCUT2D eigenvalue weighted by Gasteiger charge is 2.23. The molecule has 162 valence electrons. The van der Waals surface area contributed by atoms with E-state index in [1.54, 1.807) is 55.5 Å². The van der Waals surface area contributed by atoms with E-state index >= 15 is 0 Å². The van der Waals surface area contributed by atoms with Crippen LogP contribution in [0.25, 0.3) is 0 Å². The molecule has 9 nitrogen and oxygen atoms in total. The summed E-state index contributed by atoms with van der Waals surface area (Å²) in [5.41, 5.74) is 1.03. The molecule has 0 fully saturated rings. The largest absolute Gasteiger partial charge is 0.378 e. The third kappa shape index (κ3) is 5.28. The lowest BCUT2D eigenvalue weighted by Crippen LogP contribution is -2.30. The predicted octanol–water partition coefficient (Wildman–Crippen LogP) is 3.73. The number of hydrogen-bond acceptors (Lipinski definition) is 7. The van der Waals surface area contributed by atoms with Gasteiger partial charge in [-0.05, 0) is 37.3 Å². The van der Waals surface area contributed by atoms with Crippen LogP contribution in [-0.4, -0.2) is 38.0 Å². The van der Waals surface area contributed by atoms with Crippen LogP contribution in [0.2, 0.25) is 0 Å². The van der Waals surface area contributed by atoms with Gasteiger partial charge in [0.1, 0.15) is 16.4 Å². The van der Waals surface area contributed by atoms with E-state index in [-0.39, 0.29) is 10.6 Å². The average molecular weight is 442 g/mol. The molecule has 0 amide bonds. The zero-order valence-corrected chi connectivity index (χ0v) is 17.7. The minimum Gasteiger partial charge on any atom is -0.378 e. The summed E-state index contributed by atoms with van der Waals surface area (Å²) < 4.78 is 27.3. The number of benzene rings is 2. The van der Waals surface area contributed by atoms with Crippen molar-refractivity contribution in [3.8, 4) is 0 Å². The van der Waals surface area contributed by atoms with Crippen molar-refractivity contribution in [2.24, 2.45) is 0 Å². The van der Waals surface area contributed by atoms with Crippen molar-refractivity contribution in [2.75, 3.05) is 34.6 Å². The van der Waals surface area contributed by atoms with Crippen LogP contribution in [0.3, 0.4) is 0 Å². The third-order valence-corrected chi connectivity index (χ3v) is 6.39. The summed E-state index contributed by atoms with van der Waals surface area (Å²) in [6.07, 6.45) is 1.32. The van der Waals surface area contributed by atoms with Gasteiger partial charge in [-0.3, -0.25) is 14.4 Å². The molecule has 0 saturated heterocycles. The van der Waals surface area contributed by atoms with Crippen LogP contribution >= 0.6 is 0 Å². The first-order valence-corrected chi connectivity index (χ1v) is 11.1. The van der Waals surface area contributed by atoms with Crippen LogP contribution in [0.15, 0.2) is 77.8 Å². The Morgan fingerprint density at radius 2 is 1.65 bits per heavy atom. The molecular formula is C21H23N5O4S. The lowest BCUT2D eigenvalue weighted by Gasteiger charge is -2.22. The lowest BCUT2D eigenvalue weighted by atomic mass is 10.2. The number of para-hydroxylation sites is 3. The van der Waals surface area contributed by atoms with Crippen molar-refractivity contribution in [1.29, 1.82) is 0 Å². The molecule has 1 heterocycles. The molecule has 0 aliphatic rings. The van der Waals surface area contributed by atoms with E-state index in [2.05, 4.69) is 15.6 Å². The van der Waals surface area contributed by atoms with Gasteiger partial charge in [-0.15, -0.1) is 0 Å². The molecule has 0 atom stereocenters. The first kappa shape index (κ1) is 22.0. The van der Waals surface area contributed by atoms with Gasteiger partial charge in [0.05, 0.1) is 10.6 Å². The Balaban J connectivity index is 1.61. The number of aromatic nitrogens is 1. The number of anilines is 3. The Bertz CT molecular complexity index is 1120. The molecule has 10 heteroatoms. The summed E-state index contributed by atoms with van der Waals surface area (Å²) >= 11 is 0. The quantitative estimate of drug-likeness (QED) is 0.280. The Labute approximate surface area is 180 Å². The molecule has 1 aromatic heterocycles. The van der Waals surface area contributed by atoms with Crippen LogP contribution in [-0.2, 0) is 10.0 Å². The van der Waals surface area contributed by atoms with Crippen molar-refractivity contribution in [3.63, 3.8) is 0 Å². The molecule has 2 N–H and O–H groups in total. The molecule has 31 heavy (non-hydrogen) atoms. The molecule has 0 bridgehead atoms. The van der Waals surface area contributed by atoms with Gasteiger partial charge in [0, 0.05) is 31.9 Å². The molecule has 0 saturated carbocycles. The molecule has 0 aliphatic carbocycles. The number of nitrogens with zero attached hydrogens (tertiary/aromatic N) is 3. The highest BCUT2D eigenvalue weighted by molar-refractivity contribution is 7.92. The van der Waals surface area contributed by atoms with Crippen LogP contribution in [0.5, 0.6) is 0 Å². The second-order valence-corrected chi connectivity index (χ2v) is 8.37. The van der Waals surface area contributed by atoms with Crippen LogP contribution < -0.4 is 14.9 Å². The number of pyridine rings is 1. The zero-order valence-electron chi connectivity index (χ0n) is 16.9. The summed E-state index contributed by atoms with van der Waals surface area (Å²) in [5, 5.41) is 17.1. The second kappa shape index (κ2) is 9.90. The van der Waals surface area contributed by atoms with E-state index in [4.69, 9.17) is 0 Å². The highest BCUT2D eigenvalue weighted by Crippen LogP contribution is 2.24. The lowest BCUT2D eigenvalue weighted by molar-refractivity contribution is -0.384. The average Bonchev–Trinajstić information content (AvgIpc) is 2.78. The van der Waals surface area contributed by atoms with Crippen molar-refractivity contribution >= 4 is 32.9 Å². The number of nitro groups is 1. The van der Waals surface area contributed by atoms with Gasteiger partial charge in [-0.2, -0.15) is 0 Å². The molecule has 0 spiro atoms. The third-order valence-electron chi connectivity index (χ3n) is 4.50. The number of nitrogens with one attached hydrogen (secondary N) is 2. The molecule has 2 aromatic carbocycles. The normalized spacial score (nSPS) is 11.0. The van der Waals surface area contributed by atoms with E-state index in [9.17, 15) is 18.5 Å². The van der Waals surface area contributed by atoms with Gasteiger partial charge >= 0.3 is 0 Å². The maximum Gasteiger partial charge on any atom is 0.292 e. The minimum atomic E-state index is -3.73. The van der Waals surface area contributed by atoms with E-state index < -0.39 is 14.9 Å². The molecule has 0 aliphatic heterocycles. The van der Waals surface area contributed by atoms with Crippen LogP contribution in [0.1, 0.15) is 6.92 Å². The Morgan fingerprint density at radius 3 is 2.29 bits per heavy atom. The molecule has 3 rings (SSSR count). The van der Waals surface area contributed by atoms with Crippen molar-refractivity contribution in [3.05, 3.63) is 83.0 Å². The van der Waals surface area contributed by atoms with Crippen molar-refractivity contribution in [1.82, 2.24) is 4.98 Å². The van der Waals surface area contributed by atoms with Crippen molar-refractivity contribution in [2.45, 2.75) is 11.8 Å². The van der Waals surface area contributed by atoms with Gasteiger partial charge in [0.25, 0.3) is 15.7 Å². The molecule has 3 aromatic rings. The first-order valence-electron chi connectivity index (χ1n) is 9.68. The van der Waals surface area contributed by atoms with Gasteiger partial charge < -0.3 is 10.6 Å². The predicted molar refractivity (Wildman–Crippen MR) is 121 cm³/mol. The van der Waals surface area contributed by atoms with Crippen molar-refractivity contribution < 1.29 is 13.3 Å². The number of sulfonamides is 1. The first-order chi connectivity index (χ1) is 14.9. The number of nitro benzene ring substituents is 1. The van der Waals surface area contributed by atoms with E-state index in [0.717, 1.165) is 0 Å². The van der Waals surface area contributed by atoms with E-state index in [0.29, 0.717) is 36.8 Å². The van der Waals surface area contributed by atoms with Crippen LogP contribution in [0.4, 0.5) is 22.9 Å². The fourth-order valence-corrected chi connectivity index (χ4v) is 4.44. The Morgan fingerprint density at radius 1 is 0.968 bits per heavy atom. The molecule has 0 radical (unpaired) electrons. The van der Waals surface area contributed by atoms with Gasteiger partial charge in [0.15, 0.2) is 0 Å². The summed E-state index contributed by atoms with van der Waals surface area (Å²) in [6, 6.07) is 18.4.